The van der Waals surface area contributed by atoms with Crippen molar-refractivity contribution in [3.05, 3.63) is 0 Å². The predicted molar refractivity (Wildman–Crippen MR) is 95.4 cm³/mol. The Kier molecular flexibility index (Phi) is 15.6. The van der Waals surface area contributed by atoms with Crippen LogP contribution in [0.15, 0.2) is 20.0 Å². The molecule has 0 aliphatic carbocycles. The van der Waals surface area contributed by atoms with Gasteiger partial charge in [0.05, 0.1) is 0 Å². The number of hydrogen-bond acceptors (Lipinski definition) is 8. The Morgan fingerprint density at radius 3 is 0.920 bits per heavy atom. The number of nitrogens with zero attached hydrogens (tertiary/aromatic N) is 4. The van der Waals surface area contributed by atoms with E-state index in [9.17, 15) is 19.2 Å². The quantitative estimate of drug-likeness (QED) is 0.168. The van der Waals surface area contributed by atoms with Gasteiger partial charge in [0.25, 0.3) is 0 Å². The molecule has 0 aromatic heterocycles. The van der Waals surface area contributed by atoms with Crippen molar-refractivity contribution in [3.63, 3.8) is 0 Å². The van der Waals surface area contributed by atoms with Crippen molar-refractivity contribution in [1.82, 2.24) is 0 Å². The maximum absolute atomic E-state index is 10.2. The molecule has 0 heterocycles. The third kappa shape index (κ3) is 13.1. The molecule has 0 saturated heterocycles. The minimum atomic E-state index is -2.35. The van der Waals surface area contributed by atoms with Crippen LogP contribution in [-0.4, -0.2) is 63.8 Å². The number of isocyanates is 4. The molecule has 0 aromatic carbocycles. The normalized spacial score (nSPS) is 11.8. The van der Waals surface area contributed by atoms with Crippen molar-refractivity contribution in [3.8, 4) is 0 Å². The van der Waals surface area contributed by atoms with Crippen molar-refractivity contribution in [2.75, 3.05) is 26.2 Å². The van der Waals surface area contributed by atoms with Gasteiger partial charge in [0.2, 0.25) is 0 Å². The van der Waals surface area contributed by atoms with Crippen LogP contribution in [0.5, 0.6) is 0 Å². The Hall–Kier alpha value is -1.94. The molecule has 0 atom stereocenters. The second-order valence-corrected chi connectivity index (χ2v) is 16.3. The SMILES string of the molecule is O=C=NCC[CH2][Ge]([CH2]CCN=C=O)([CH2]CCN=C=O)[CH2]CCN=C=O. The van der Waals surface area contributed by atoms with Gasteiger partial charge in [-0.2, -0.15) is 0 Å². The first-order chi connectivity index (χ1) is 12.2. The standard InChI is InChI=1S/C16H24GeN4O4/c22-13-18-9-1-5-17(6-2-10-19-14-23,7-3-11-20-15-24)8-4-12-21-16-25/h1-12H2. The minimum absolute atomic E-state index is 0.460. The summed E-state index contributed by atoms with van der Waals surface area (Å²) in [6, 6.07) is 0. The molecular weight excluding hydrogens is 385 g/mol. The first kappa shape index (κ1) is 23.1. The molecule has 0 amide bonds. The molecule has 0 bridgehead atoms. The molecule has 0 fully saturated rings. The molecule has 0 radical (unpaired) electrons. The summed E-state index contributed by atoms with van der Waals surface area (Å²) in [5.74, 6) is 0. The van der Waals surface area contributed by atoms with Gasteiger partial charge in [-0.1, -0.05) is 0 Å². The molecule has 0 saturated carbocycles. The van der Waals surface area contributed by atoms with E-state index in [0.29, 0.717) is 26.2 Å². The van der Waals surface area contributed by atoms with Gasteiger partial charge in [0, 0.05) is 0 Å². The monoisotopic (exact) mass is 410 g/mol. The average molecular weight is 409 g/mol. The van der Waals surface area contributed by atoms with Gasteiger partial charge in [-0.05, 0) is 0 Å². The van der Waals surface area contributed by atoms with Crippen LogP contribution in [0.25, 0.3) is 0 Å². The zero-order valence-corrected chi connectivity index (χ0v) is 16.5. The van der Waals surface area contributed by atoms with E-state index in [4.69, 9.17) is 0 Å². The van der Waals surface area contributed by atoms with E-state index in [1.54, 1.807) is 24.3 Å². The fourth-order valence-electron chi connectivity index (χ4n) is 3.07. The summed E-state index contributed by atoms with van der Waals surface area (Å²) < 4.78 is 0. The summed E-state index contributed by atoms with van der Waals surface area (Å²) in [6.07, 6.45) is 9.50. The molecular formula is C16H24GeN4O4. The molecule has 136 valence electrons. The Balaban J connectivity index is 4.94. The second-order valence-electron chi connectivity index (χ2n) is 5.81. The van der Waals surface area contributed by atoms with Crippen LogP contribution < -0.4 is 0 Å². The number of aliphatic imine (C=N–C) groups is 4. The molecule has 8 nitrogen and oxygen atoms in total. The van der Waals surface area contributed by atoms with Crippen LogP contribution in [0.1, 0.15) is 25.7 Å². The number of rotatable bonds is 16. The molecule has 0 aliphatic rings. The molecule has 0 spiro atoms. The molecule has 0 aromatic rings. The zero-order chi connectivity index (χ0) is 18.6. The topological polar surface area (TPSA) is 118 Å². The Morgan fingerprint density at radius 1 is 0.480 bits per heavy atom. The van der Waals surface area contributed by atoms with Crippen molar-refractivity contribution in [2.45, 2.75) is 46.7 Å². The van der Waals surface area contributed by atoms with Gasteiger partial charge in [0.15, 0.2) is 0 Å². The van der Waals surface area contributed by atoms with Crippen LogP contribution in [0, 0.1) is 0 Å². The summed E-state index contributed by atoms with van der Waals surface area (Å²) in [4.78, 5) is 55.4. The first-order valence-electron chi connectivity index (χ1n) is 8.39. The van der Waals surface area contributed by atoms with Crippen LogP contribution in [0.4, 0.5) is 0 Å². The third-order valence-corrected chi connectivity index (χ3v) is 16.0. The van der Waals surface area contributed by atoms with E-state index in [1.165, 1.54) is 0 Å². The number of hydrogen-bond donors (Lipinski definition) is 0. The van der Waals surface area contributed by atoms with E-state index >= 15 is 0 Å². The van der Waals surface area contributed by atoms with E-state index < -0.39 is 13.3 Å². The van der Waals surface area contributed by atoms with E-state index in [-0.39, 0.29) is 0 Å². The fourth-order valence-corrected chi connectivity index (χ4v) is 13.8. The molecule has 0 aliphatic heterocycles. The van der Waals surface area contributed by atoms with E-state index in [1.807, 2.05) is 0 Å². The van der Waals surface area contributed by atoms with Crippen molar-refractivity contribution < 1.29 is 19.2 Å². The van der Waals surface area contributed by atoms with E-state index in [0.717, 1.165) is 46.7 Å². The molecule has 9 heteroatoms. The Labute approximate surface area is 150 Å². The van der Waals surface area contributed by atoms with Gasteiger partial charge in [-0.25, -0.2) is 0 Å². The summed E-state index contributed by atoms with van der Waals surface area (Å²) in [5, 5.41) is 4.08. The van der Waals surface area contributed by atoms with Crippen molar-refractivity contribution in [1.29, 1.82) is 0 Å². The first-order valence-corrected chi connectivity index (χ1v) is 14.3. The summed E-state index contributed by atoms with van der Waals surface area (Å²) in [7, 11) is 0. The van der Waals surface area contributed by atoms with Crippen LogP contribution in [-0.2, 0) is 19.2 Å². The van der Waals surface area contributed by atoms with Crippen molar-refractivity contribution in [2.24, 2.45) is 20.0 Å². The van der Waals surface area contributed by atoms with Gasteiger partial charge in [0.1, 0.15) is 0 Å². The average Bonchev–Trinajstić information content (AvgIpc) is 2.63. The Morgan fingerprint density at radius 2 is 0.720 bits per heavy atom. The maximum atomic E-state index is 10.2. The van der Waals surface area contributed by atoms with Crippen LogP contribution in [0.3, 0.4) is 0 Å². The summed E-state index contributed by atoms with van der Waals surface area (Å²) in [5.41, 5.74) is 0. The van der Waals surface area contributed by atoms with Gasteiger partial charge < -0.3 is 0 Å². The van der Waals surface area contributed by atoms with Crippen LogP contribution >= 0.6 is 0 Å². The Bertz CT molecular complexity index is 457. The molecule has 25 heavy (non-hydrogen) atoms. The number of carbonyl (C=O) groups excluding carboxylic acids is 4. The predicted octanol–water partition coefficient (Wildman–Crippen LogP) is 2.34. The molecule has 0 unspecified atom stereocenters. The summed E-state index contributed by atoms with van der Waals surface area (Å²) >= 11 is -2.35. The molecule has 0 rings (SSSR count). The molecule has 0 N–H and O–H groups in total. The fraction of sp³-hybridized carbons (Fsp3) is 0.750. The van der Waals surface area contributed by atoms with Gasteiger partial charge >= 0.3 is 150 Å². The summed E-state index contributed by atoms with van der Waals surface area (Å²) in [6.45, 7) is 1.84. The second kappa shape index (κ2) is 16.9. The third-order valence-electron chi connectivity index (χ3n) is 4.17. The van der Waals surface area contributed by atoms with E-state index in [2.05, 4.69) is 20.0 Å². The van der Waals surface area contributed by atoms with Gasteiger partial charge in [-0.15, -0.1) is 0 Å². The van der Waals surface area contributed by atoms with Crippen molar-refractivity contribution >= 4 is 37.6 Å². The zero-order valence-electron chi connectivity index (χ0n) is 14.4. The van der Waals surface area contributed by atoms with Gasteiger partial charge in [-0.3, -0.25) is 0 Å². The van der Waals surface area contributed by atoms with Crippen LogP contribution in [0.2, 0.25) is 21.0 Å².